The second kappa shape index (κ2) is 7.42. The summed E-state index contributed by atoms with van der Waals surface area (Å²) in [5.74, 6) is -0.580. The van der Waals surface area contributed by atoms with Crippen molar-refractivity contribution in [3.8, 4) is 0 Å². The maximum absolute atomic E-state index is 12.0. The maximum Gasteiger partial charge on any atom is 0.338 e. The highest BCUT2D eigenvalue weighted by atomic mass is 32.2. The van der Waals surface area contributed by atoms with Gasteiger partial charge in [-0.25, -0.2) is 4.79 Å². The molecule has 0 spiro atoms. The molecule has 0 aliphatic carbocycles. The lowest BCUT2D eigenvalue weighted by molar-refractivity contribution is -0.115. The van der Waals surface area contributed by atoms with Crippen LogP contribution in [0.15, 0.2) is 59.5 Å². The summed E-state index contributed by atoms with van der Waals surface area (Å²) in [6.07, 6.45) is 1.73. The van der Waals surface area contributed by atoms with Gasteiger partial charge in [0.2, 0.25) is 0 Å². The van der Waals surface area contributed by atoms with E-state index in [4.69, 9.17) is 17.0 Å². The van der Waals surface area contributed by atoms with Crippen molar-refractivity contribution < 1.29 is 14.3 Å². The fourth-order valence-corrected chi connectivity index (χ4v) is 3.14. The number of thioether (sulfide) groups is 1. The predicted octanol–water partition coefficient (Wildman–Crippen LogP) is 3.53. The third-order valence-electron chi connectivity index (χ3n) is 3.30. The number of carbonyl (C=O) groups excluding carboxylic acids is 2. The molecular weight excluding hydrogens is 342 g/mol. The van der Waals surface area contributed by atoms with Gasteiger partial charge in [-0.2, -0.15) is 0 Å². The van der Waals surface area contributed by atoms with Crippen LogP contribution in [0.5, 0.6) is 0 Å². The molecule has 0 radical (unpaired) electrons. The van der Waals surface area contributed by atoms with E-state index in [9.17, 15) is 9.59 Å². The van der Waals surface area contributed by atoms with Crippen LogP contribution < -0.4 is 5.32 Å². The zero-order valence-corrected chi connectivity index (χ0v) is 14.2. The minimum Gasteiger partial charge on any atom is -0.457 e. The van der Waals surface area contributed by atoms with Crippen molar-refractivity contribution in [2.45, 2.75) is 6.61 Å². The van der Waals surface area contributed by atoms with Gasteiger partial charge in [-0.15, -0.1) is 0 Å². The number of ether oxygens (including phenoxy) is 1. The second-order valence-electron chi connectivity index (χ2n) is 5.04. The average Bonchev–Trinajstić information content (AvgIpc) is 2.91. The zero-order chi connectivity index (χ0) is 16.9. The summed E-state index contributed by atoms with van der Waals surface area (Å²) in [5.41, 5.74) is 2.22. The Kier molecular flexibility index (Phi) is 5.08. The first-order valence-electron chi connectivity index (χ1n) is 7.18. The molecule has 6 heteroatoms. The first kappa shape index (κ1) is 16.4. The molecule has 2 aromatic carbocycles. The molecule has 2 aromatic rings. The van der Waals surface area contributed by atoms with Crippen molar-refractivity contribution in [3.05, 3.63) is 76.2 Å². The number of thiocarbonyl (C=S) groups is 1. The van der Waals surface area contributed by atoms with Crippen molar-refractivity contribution >= 4 is 46.3 Å². The lowest BCUT2D eigenvalue weighted by Gasteiger charge is -2.05. The Hall–Kier alpha value is -2.44. The lowest BCUT2D eigenvalue weighted by Crippen LogP contribution is -2.17. The van der Waals surface area contributed by atoms with Crippen molar-refractivity contribution in [2.24, 2.45) is 0 Å². The number of nitrogens with one attached hydrogen (secondary N) is 1. The molecule has 0 atom stereocenters. The molecule has 0 unspecified atom stereocenters. The van der Waals surface area contributed by atoms with E-state index in [0.29, 0.717) is 14.8 Å². The van der Waals surface area contributed by atoms with Crippen LogP contribution in [0.1, 0.15) is 21.5 Å². The highest BCUT2D eigenvalue weighted by Crippen LogP contribution is 2.25. The number of benzene rings is 2. The van der Waals surface area contributed by atoms with Crippen molar-refractivity contribution in [3.63, 3.8) is 0 Å². The van der Waals surface area contributed by atoms with Gasteiger partial charge in [-0.05, 0) is 29.3 Å². The molecule has 1 amide bonds. The smallest absolute Gasteiger partial charge is 0.338 e. The standard InChI is InChI=1S/C18H13NO3S2/c20-16-15(24-18(23)19-16)10-12-6-8-14(9-7-12)17(21)22-11-13-4-2-1-3-5-13/h1-10H,11H2,(H,19,20,23)/b15-10+. The van der Waals surface area contributed by atoms with Crippen LogP contribution in [0.25, 0.3) is 6.08 Å². The van der Waals surface area contributed by atoms with Gasteiger partial charge in [0.05, 0.1) is 10.5 Å². The summed E-state index contributed by atoms with van der Waals surface area (Å²) in [5, 5.41) is 2.56. The fourth-order valence-electron chi connectivity index (χ4n) is 2.09. The summed E-state index contributed by atoms with van der Waals surface area (Å²) in [6.45, 7) is 0.236. The molecule has 1 N–H and O–H groups in total. The topological polar surface area (TPSA) is 55.4 Å². The maximum atomic E-state index is 12.0. The predicted molar refractivity (Wildman–Crippen MR) is 98.3 cm³/mol. The number of amides is 1. The van der Waals surface area contributed by atoms with E-state index in [0.717, 1.165) is 11.1 Å². The highest BCUT2D eigenvalue weighted by molar-refractivity contribution is 8.26. The molecule has 0 bridgehead atoms. The second-order valence-corrected chi connectivity index (χ2v) is 6.75. The number of carbonyl (C=O) groups is 2. The van der Waals surface area contributed by atoms with Crippen LogP contribution in [0.4, 0.5) is 0 Å². The zero-order valence-electron chi connectivity index (χ0n) is 12.5. The Morgan fingerprint density at radius 2 is 1.83 bits per heavy atom. The van der Waals surface area contributed by atoms with Crippen LogP contribution in [-0.2, 0) is 16.1 Å². The van der Waals surface area contributed by atoms with Crippen LogP contribution in [-0.4, -0.2) is 16.2 Å². The van der Waals surface area contributed by atoms with E-state index in [1.165, 1.54) is 11.8 Å². The lowest BCUT2D eigenvalue weighted by atomic mass is 10.1. The third-order valence-corrected chi connectivity index (χ3v) is 4.46. The quantitative estimate of drug-likeness (QED) is 0.516. The number of hydrogen-bond donors (Lipinski definition) is 1. The minimum absolute atomic E-state index is 0.198. The molecule has 3 rings (SSSR count). The SMILES string of the molecule is O=C1NC(=S)S/C1=C/c1ccc(C(=O)OCc2ccccc2)cc1. The molecule has 1 aliphatic rings. The van der Waals surface area contributed by atoms with Crippen LogP contribution in [0, 0.1) is 0 Å². The van der Waals surface area contributed by atoms with E-state index in [-0.39, 0.29) is 18.5 Å². The Bertz CT molecular complexity index is 814. The van der Waals surface area contributed by atoms with Crippen LogP contribution >= 0.6 is 24.0 Å². The van der Waals surface area contributed by atoms with Crippen molar-refractivity contribution in [1.82, 2.24) is 5.32 Å². The summed E-state index contributed by atoms with van der Waals surface area (Å²) in [6, 6.07) is 16.4. The van der Waals surface area contributed by atoms with Gasteiger partial charge in [0, 0.05) is 0 Å². The monoisotopic (exact) mass is 355 g/mol. The molecular formula is C18H13NO3S2. The molecule has 4 nitrogen and oxygen atoms in total. The molecule has 1 aliphatic heterocycles. The molecule has 120 valence electrons. The number of rotatable bonds is 4. The fraction of sp³-hybridized carbons (Fsp3) is 0.0556. The van der Waals surface area contributed by atoms with Gasteiger partial charge in [-0.1, -0.05) is 66.4 Å². The third kappa shape index (κ3) is 4.10. The summed E-state index contributed by atoms with van der Waals surface area (Å²) in [7, 11) is 0. The normalized spacial score (nSPS) is 15.4. The Labute approximate surface area is 148 Å². The molecule has 0 saturated carbocycles. The van der Waals surface area contributed by atoms with Crippen molar-refractivity contribution in [2.75, 3.05) is 0 Å². The Morgan fingerprint density at radius 3 is 2.46 bits per heavy atom. The number of esters is 1. The molecule has 1 saturated heterocycles. The van der Waals surface area contributed by atoms with E-state index in [2.05, 4.69) is 5.32 Å². The first-order chi connectivity index (χ1) is 11.6. The van der Waals surface area contributed by atoms with E-state index in [1.807, 2.05) is 30.3 Å². The van der Waals surface area contributed by atoms with E-state index in [1.54, 1.807) is 30.3 Å². The summed E-state index contributed by atoms with van der Waals surface area (Å²) >= 11 is 6.17. The summed E-state index contributed by atoms with van der Waals surface area (Å²) < 4.78 is 5.73. The number of hydrogen-bond acceptors (Lipinski definition) is 5. The Morgan fingerprint density at radius 1 is 1.12 bits per heavy atom. The molecule has 1 heterocycles. The Balaban J connectivity index is 1.64. The van der Waals surface area contributed by atoms with Crippen LogP contribution in [0.3, 0.4) is 0 Å². The van der Waals surface area contributed by atoms with Gasteiger partial charge < -0.3 is 10.1 Å². The van der Waals surface area contributed by atoms with E-state index >= 15 is 0 Å². The molecule has 0 aromatic heterocycles. The van der Waals surface area contributed by atoms with Gasteiger partial charge in [0.25, 0.3) is 5.91 Å². The highest BCUT2D eigenvalue weighted by Gasteiger charge is 2.21. The van der Waals surface area contributed by atoms with Gasteiger partial charge in [-0.3, -0.25) is 4.79 Å². The molecule has 24 heavy (non-hydrogen) atoms. The van der Waals surface area contributed by atoms with Crippen LogP contribution in [0.2, 0.25) is 0 Å². The average molecular weight is 355 g/mol. The largest absolute Gasteiger partial charge is 0.457 e. The van der Waals surface area contributed by atoms with Gasteiger partial charge in [0.15, 0.2) is 0 Å². The molecule has 1 fully saturated rings. The minimum atomic E-state index is -0.382. The van der Waals surface area contributed by atoms with Gasteiger partial charge >= 0.3 is 5.97 Å². The van der Waals surface area contributed by atoms with E-state index < -0.39 is 0 Å². The first-order valence-corrected chi connectivity index (χ1v) is 8.40. The summed E-state index contributed by atoms with van der Waals surface area (Å²) in [4.78, 5) is 24.2. The van der Waals surface area contributed by atoms with Gasteiger partial charge in [0.1, 0.15) is 10.9 Å². The van der Waals surface area contributed by atoms with Crippen molar-refractivity contribution in [1.29, 1.82) is 0 Å².